The molecular weight excluding hydrogens is 577 g/mol. The zero-order chi connectivity index (χ0) is 27.7. The molecule has 0 heterocycles. The first-order chi connectivity index (χ1) is 19.8. The maximum Gasteiger partial charge on any atom is 0.103 e. The molecule has 3 atom stereocenters. The Hall–Kier alpha value is -1.88. The lowest BCUT2D eigenvalue weighted by Crippen LogP contribution is -2.32. The molecular formula is C32H34O4S4. The molecule has 0 spiro atoms. The van der Waals surface area contributed by atoms with Gasteiger partial charge in [-0.05, 0) is 68.3 Å². The van der Waals surface area contributed by atoms with Gasteiger partial charge in [0.05, 0.1) is 12.7 Å². The van der Waals surface area contributed by atoms with Gasteiger partial charge in [0.2, 0.25) is 0 Å². The lowest BCUT2D eigenvalue weighted by atomic mass is 10.0. The molecule has 0 fully saturated rings. The van der Waals surface area contributed by atoms with Crippen molar-refractivity contribution in [2.24, 2.45) is 0 Å². The third kappa shape index (κ3) is 11.9. The summed E-state index contributed by atoms with van der Waals surface area (Å²) in [5.41, 5.74) is 0. The van der Waals surface area contributed by atoms with Crippen molar-refractivity contribution in [3.63, 3.8) is 0 Å². The molecule has 0 radical (unpaired) electrons. The van der Waals surface area contributed by atoms with E-state index in [1.54, 1.807) is 0 Å². The van der Waals surface area contributed by atoms with E-state index in [4.69, 9.17) is 16.7 Å². The van der Waals surface area contributed by atoms with Crippen molar-refractivity contribution in [3.8, 4) is 0 Å². The number of benzene rings is 4. The van der Waals surface area contributed by atoms with E-state index in [-0.39, 0.29) is 18.3 Å². The number of hydrogen-bond donors (Lipinski definition) is 0. The van der Waals surface area contributed by atoms with Gasteiger partial charge in [0, 0.05) is 74.2 Å². The first kappa shape index (κ1) is 31.1. The summed E-state index contributed by atoms with van der Waals surface area (Å²) in [7, 11) is 0. The molecule has 210 valence electrons. The highest BCUT2D eigenvalue weighted by molar-refractivity contribution is 7.95. The average molecular weight is 611 g/mol. The summed E-state index contributed by atoms with van der Waals surface area (Å²) < 4.78 is 25.0. The quantitative estimate of drug-likeness (QED) is 0.0814. The number of hydrogen-bond acceptors (Lipinski definition) is 8. The average Bonchev–Trinajstić information content (AvgIpc) is 3.01. The van der Waals surface area contributed by atoms with E-state index in [1.165, 1.54) is 48.2 Å². The molecule has 0 amide bonds. The van der Waals surface area contributed by atoms with Gasteiger partial charge in [-0.25, -0.2) is 0 Å². The van der Waals surface area contributed by atoms with Gasteiger partial charge >= 0.3 is 0 Å². The van der Waals surface area contributed by atoms with Gasteiger partial charge in [-0.2, -0.15) is 0 Å². The Labute approximate surface area is 255 Å². The van der Waals surface area contributed by atoms with Crippen LogP contribution < -0.4 is 0 Å². The Morgan fingerprint density at radius 1 is 0.500 bits per heavy atom. The normalized spacial score (nSPS) is 13.5. The Morgan fingerprint density at radius 2 is 0.900 bits per heavy atom. The van der Waals surface area contributed by atoms with E-state index in [0.29, 0.717) is 13.0 Å². The summed E-state index contributed by atoms with van der Waals surface area (Å²) >= 11 is 5.59. The third-order valence-corrected chi connectivity index (χ3v) is 8.92. The molecule has 4 rings (SSSR count). The fourth-order valence-electron chi connectivity index (χ4n) is 3.65. The molecule has 3 unspecified atom stereocenters. The summed E-state index contributed by atoms with van der Waals surface area (Å²) in [6.07, 6.45) is 1.88. The van der Waals surface area contributed by atoms with Gasteiger partial charge in [-0.1, -0.05) is 72.8 Å². The maximum absolute atomic E-state index is 6.47. The lowest BCUT2D eigenvalue weighted by Gasteiger charge is -2.28. The van der Waals surface area contributed by atoms with Crippen LogP contribution in [0.2, 0.25) is 0 Å². The van der Waals surface area contributed by atoms with Gasteiger partial charge in [0.25, 0.3) is 0 Å². The second-order valence-electron chi connectivity index (χ2n) is 8.96. The SMILES string of the molecule is CC(CC(OSc1ccccc1)C(CCCOSc1ccccc1)OSc1ccccc1)OSc1ccccc1. The van der Waals surface area contributed by atoms with Gasteiger partial charge < -0.3 is 16.7 Å². The van der Waals surface area contributed by atoms with E-state index in [1.807, 2.05) is 97.1 Å². The minimum absolute atomic E-state index is 0.0516. The highest BCUT2D eigenvalue weighted by atomic mass is 32.2. The van der Waals surface area contributed by atoms with Crippen LogP contribution in [0, 0.1) is 0 Å². The van der Waals surface area contributed by atoms with Crippen molar-refractivity contribution < 1.29 is 16.7 Å². The molecule has 0 aromatic heterocycles. The van der Waals surface area contributed by atoms with Crippen LogP contribution in [0.25, 0.3) is 0 Å². The molecule has 0 aliphatic carbocycles. The lowest BCUT2D eigenvalue weighted by molar-refractivity contribution is 0.0455. The molecule has 0 aliphatic heterocycles. The van der Waals surface area contributed by atoms with Crippen LogP contribution in [0.4, 0.5) is 0 Å². The molecule has 4 nitrogen and oxygen atoms in total. The predicted molar refractivity (Wildman–Crippen MR) is 169 cm³/mol. The largest absolute Gasteiger partial charge is 0.310 e. The smallest absolute Gasteiger partial charge is 0.103 e. The fourth-order valence-corrected chi connectivity index (χ4v) is 6.30. The van der Waals surface area contributed by atoms with Crippen LogP contribution in [-0.2, 0) is 16.7 Å². The summed E-state index contributed by atoms with van der Waals surface area (Å²) in [6, 6.07) is 40.6. The highest BCUT2D eigenvalue weighted by Crippen LogP contribution is 2.32. The maximum atomic E-state index is 6.47. The van der Waals surface area contributed by atoms with Crippen LogP contribution in [0.3, 0.4) is 0 Å². The molecule has 8 heteroatoms. The van der Waals surface area contributed by atoms with E-state index in [0.717, 1.165) is 32.4 Å². The van der Waals surface area contributed by atoms with Crippen LogP contribution in [0.15, 0.2) is 141 Å². The van der Waals surface area contributed by atoms with E-state index >= 15 is 0 Å². The van der Waals surface area contributed by atoms with Gasteiger partial charge in [-0.15, -0.1) is 0 Å². The topological polar surface area (TPSA) is 36.9 Å². The molecule has 0 saturated carbocycles. The first-order valence-corrected chi connectivity index (χ1v) is 16.2. The Bertz CT molecular complexity index is 1190. The van der Waals surface area contributed by atoms with E-state index in [2.05, 4.69) is 31.2 Å². The Morgan fingerprint density at radius 3 is 1.38 bits per heavy atom. The van der Waals surface area contributed by atoms with E-state index in [9.17, 15) is 0 Å². The van der Waals surface area contributed by atoms with Crippen LogP contribution >= 0.6 is 48.2 Å². The highest BCUT2D eigenvalue weighted by Gasteiger charge is 2.27. The summed E-state index contributed by atoms with van der Waals surface area (Å²) in [5, 5.41) is 0. The first-order valence-electron chi connectivity index (χ1n) is 13.3. The van der Waals surface area contributed by atoms with Crippen LogP contribution in [0.5, 0.6) is 0 Å². The Kier molecular flexibility index (Phi) is 14.4. The van der Waals surface area contributed by atoms with Crippen LogP contribution in [0.1, 0.15) is 26.2 Å². The van der Waals surface area contributed by atoms with Crippen molar-refractivity contribution in [1.29, 1.82) is 0 Å². The minimum Gasteiger partial charge on any atom is -0.310 e. The van der Waals surface area contributed by atoms with Crippen LogP contribution in [-0.4, -0.2) is 24.9 Å². The second kappa shape index (κ2) is 18.5. The van der Waals surface area contributed by atoms with Gasteiger partial charge in [0.1, 0.15) is 12.2 Å². The molecule has 0 bridgehead atoms. The zero-order valence-electron chi connectivity index (χ0n) is 22.4. The van der Waals surface area contributed by atoms with Crippen molar-refractivity contribution in [2.45, 2.75) is 64.1 Å². The molecule has 40 heavy (non-hydrogen) atoms. The third-order valence-electron chi connectivity index (χ3n) is 5.67. The molecule has 0 N–H and O–H groups in total. The summed E-state index contributed by atoms with van der Waals surface area (Å²) in [5.74, 6) is 0. The molecule has 4 aromatic rings. The van der Waals surface area contributed by atoms with Gasteiger partial charge in [-0.3, -0.25) is 0 Å². The predicted octanol–water partition coefficient (Wildman–Crippen LogP) is 10.2. The molecule has 0 saturated heterocycles. The van der Waals surface area contributed by atoms with Crippen molar-refractivity contribution in [3.05, 3.63) is 121 Å². The zero-order valence-corrected chi connectivity index (χ0v) is 25.6. The van der Waals surface area contributed by atoms with Gasteiger partial charge in [0.15, 0.2) is 0 Å². The number of rotatable bonds is 18. The van der Waals surface area contributed by atoms with Crippen molar-refractivity contribution in [1.82, 2.24) is 0 Å². The molecule has 0 aliphatic rings. The van der Waals surface area contributed by atoms with Crippen molar-refractivity contribution in [2.75, 3.05) is 6.61 Å². The van der Waals surface area contributed by atoms with E-state index < -0.39 is 0 Å². The Balaban J connectivity index is 1.39. The monoisotopic (exact) mass is 610 g/mol. The minimum atomic E-state index is -0.199. The summed E-state index contributed by atoms with van der Waals surface area (Å²) in [6.45, 7) is 2.70. The second-order valence-corrected chi connectivity index (χ2v) is 12.3. The standard InChI is InChI=1S/C32H34O4S4/c1-26(34-38-28-17-8-3-9-18-28)25-32(36-40-30-21-12-5-13-22-30)31(35-39-29-19-10-4-11-20-29)23-14-24-33-37-27-15-6-2-7-16-27/h2-13,15-22,26,31-32H,14,23-25H2,1H3. The fraction of sp³-hybridized carbons (Fsp3) is 0.250. The molecule has 4 aromatic carbocycles. The van der Waals surface area contributed by atoms with Crippen molar-refractivity contribution >= 4 is 48.2 Å². The summed E-state index contributed by atoms with van der Waals surface area (Å²) in [4.78, 5) is 4.28.